The number of hydrogen-bond donors (Lipinski definition) is 2. The molecule has 0 saturated carbocycles. The van der Waals surface area contributed by atoms with Crippen molar-refractivity contribution in [1.82, 2.24) is 14.9 Å². The van der Waals surface area contributed by atoms with E-state index in [-0.39, 0.29) is 0 Å². The van der Waals surface area contributed by atoms with Gasteiger partial charge in [0, 0.05) is 18.5 Å². The molecule has 0 bridgehead atoms. The highest BCUT2D eigenvalue weighted by molar-refractivity contribution is 7.07. The number of aromatic nitrogens is 2. The van der Waals surface area contributed by atoms with E-state index in [1.165, 1.54) is 0 Å². The minimum atomic E-state index is 0.685. The number of nitrogen functional groups attached to an aromatic ring is 1. The number of nitrogens with two attached hydrogens (primary N) is 1. The predicted molar refractivity (Wildman–Crippen MR) is 69.3 cm³/mol. The highest BCUT2D eigenvalue weighted by Gasteiger charge is 2.04. The van der Waals surface area contributed by atoms with Crippen molar-refractivity contribution in [3.63, 3.8) is 0 Å². The summed E-state index contributed by atoms with van der Waals surface area (Å²) in [7, 11) is 2.05. The Morgan fingerprint density at radius 1 is 1.35 bits per heavy atom. The molecule has 2 rings (SSSR count). The fraction of sp³-hybridized carbons (Fsp3) is 0.273. The monoisotopic (exact) mass is 249 g/mol. The van der Waals surface area contributed by atoms with Crippen molar-refractivity contribution in [2.75, 3.05) is 12.5 Å². The van der Waals surface area contributed by atoms with Gasteiger partial charge < -0.3 is 5.43 Å². The highest BCUT2D eigenvalue weighted by atomic mass is 32.1. The molecule has 6 heteroatoms. The van der Waals surface area contributed by atoms with Crippen LogP contribution in [0.25, 0.3) is 0 Å². The molecule has 0 aliphatic rings. The first kappa shape index (κ1) is 12.0. The van der Waals surface area contributed by atoms with E-state index in [2.05, 4.69) is 25.7 Å². The number of nitrogens with zero attached hydrogens (tertiary/aromatic N) is 3. The third kappa shape index (κ3) is 3.48. The van der Waals surface area contributed by atoms with Gasteiger partial charge in [0.05, 0.1) is 16.9 Å². The van der Waals surface area contributed by atoms with E-state index in [1.807, 2.05) is 30.8 Å². The van der Waals surface area contributed by atoms with Gasteiger partial charge in [-0.1, -0.05) is 6.07 Å². The quantitative estimate of drug-likeness (QED) is 0.620. The minimum absolute atomic E-state index is 0.685. The summed E-state index contributed by atoms with van der Waals surface area (Å²) in [5.74, 6) is 6.01. The van der Waals surface area contributed by atoms with Crippen LogP contribution in [0.2, 0.25) is 0 Å². The van der Waals surface area contributed by atoms with Crippen molar-refractivity contribution < 1.29 is 0 Å². The average Bonchev–Trinajstić information content (AvgIpc) is 2.82. The molecule has 0 atom stereocenters. The molecule has 0 saturated heterocycles. The molecule has 0 aliphatic carbocycles. The molecule has 2 aromatic heterocycles. The summed E-state index contributed by atoms with van der Waals surface area (Å²) >= 11 is 1.61. The summed E-state index contributed by atoms with van der Waals surface area (Å²) in [5, 5.41) is 2.06. The van der Waals surface area contributed by atoms with Gasteiger partial charge in [0.25, 0.3) is 0 Å². The maximum Gasteiger partial charge on any atom is 0.140 e. The van der Waals surface area contributed by atoms with Gasteiger partial charge in [0.15, 0.2) is 0 Å². The summed E-state index contributed by atoms with van der Waals surface area (Å²) in [6, 6.07) is 5.76. The number of hydrogen-bond acceptors (Lipinski definition) is 6. The molecule has 0 fully saturated rings. The molecule has 2 heterocycles. The molecule has 0 aromatic carbocycles. The number of anilines is 1. The number of nitrogens with one attached hydrogen (secondary N) is 1. The summed E-state index contributed by atoms with van der Waals surface area (Å²) in [6.45, 7) is 1.60. The smallest absolute Gasteiger partial charge is 0.140 e. The molecule has 90 valence electrons. The van der Waals surface area contributed by atoms with Crippen LogP contribution in [-0.2, 0) is 13.1 Å². The Bertz CT molecular complexity index is 457. The van der Waals surface area contributed by atoms with Crippen LogP contribution in [0, 0.1) is 0 Å². The maximum atomic E-state index is 5.32. The van der Waals surface area contributed by atoms with Gasteiger partial charge in [-0.2, -0.15) is 0 Å². The summed E-state index contributed by atoms with van der Waals surface area (Å²) < 4.78 is 0. The zero-order chi connectivity index (χ0) is 12.1. The molecular weight excluding hydrogens is 234 g/mol. The topological polar surface area (TPSA) is 67.1 Å². The Morgan fingerprint density at radius 2 is 2.18 bits per heavy atom. The largest absolute Gasteiger partial charge is 0.308 e. The van der Waals surface area contributed by atoms with Gasteiger partial charge in [0.1, 0.15) is 5.82 Å². The van der Waals surface area contributed by atoms with Crippen LogP contribution in [0.4, 0.5) is 5.82 Å². The fourth-order valence-electron chi connectivity index (χ4n) is 1.57. The Labute approximate surface area is 104 Å². The van der Waals surface area contributed by atoms with Crippen molar-refractivity contribution in [3.05, 3.63) is 40.5 Å². The van der Waals surface area contributed by atoms with Crippen molar-refractivity contribution in [1.29, 1.82) is 0 Å². The SMILES string of the molecule is CN(Cc1cscn1)Cc1cccc(NN)n1. The fourth-order valence-corrected chi connectivity index (χ4v) is 2.12. The van der Waals surface area contributed by atoms with Gasteiger partial charge in [-0.15, -0.1) is 11.3 Å². The second-order valence-electron chi connectivity index (χ2n) is 3.81. The Hall–Kier alpha value is -1.50. The van der Waals surface area contributed by atoms with E-state index < -0.39 is 0 Å². The predicted octanol–water partition coefficient (Wildman–Crippen LogP) is 1.46. The third-order valence-corrected chi connectivity index (χ3v) is 2.94. The van der Waals surface area contributed by atoms with Crippen LogP contribution in [0.1, 0.15) is 11.4 Å². The van der Waals surface area contributed by atoms with E-state index in [0.29, 0.717) is 5.82 Å². The van der Waals surface area contributed by atoms with Crippen LogP contribution in [0.15, 0.2) is 29.1 Å². The minimum Gasteiger partial charge on any atom is -0.308 e. The third-order valence-electron chi connectivity index (χ3n) is 2.30. The summed E-state index contributed by atoms with van der Waals surface area (Å²) in [4.78, 5) is 10.8. The Morgan fingerprint density at radius 3 is 2.88 bits per heavy atom. The first-order valence-corrected chi connectivity index (χ1v) is 6.20. The molecule has 3 N–H and O–H groups in total. The molecule has 0 aliphatic heterocycles. The molecule has 0 spiro atoms. The lowest BCUT2D eigenvalue weighted by Crippen LogP contribution is -2.18. The number of pyridine rings is 1. The Balaban J connectivity index is 1.95. The van der Waals surface area contributed by atoms with Crippen molar-refractivity contribution in [3.8, 4) is 0 Å². The van der Waals surface area contributed by atoms with Crippen LogP contribution >= 0.6 is 11.3 Å². The highest BCUT2D eigenvalue weighted by Crippen LogP contribution is 2.09. The van der Waals surface area contributed by atoms with Crippen LogP contribution in [-0.4, -0.2) is 21.9 Å². The zero-order valence-corrected chi connectivity index (χ0v) is 10.4. The van der Waals surface area contributed by atoms with Crippen molar-refractivity contribution >= 4 is 17.2 Å². The number of rotatable bonds is 5. The zero-order valence-electron chi connectivity index (χ0n) is 9.63. The molecule has 0 radical (unpaired) electrons. The van der Waals surface area contributed by atoms with Crippen LogP contribution in [0.5, 0.6) is 0 Å². The van der Waals surface area contributed by atoms with Crippen LogP contribution in [0.3, 0.4) is 0 Å². The summed E-state index contributed by atoms with van der Waals surface area (Å²) in [5.41, 5.74) is 6.47. The first-order chi connectivity index (χ1) is 8.28. The van der Waals surface area contributed by atoms with Gasteiger partial charge in [-0.05, 0) is 19.2 Å². The molecule has 5 nitrogen and oxygen atoms in total. The second-order valence-corrected chi connectivity index (χ2v) is 4.53. The second kappa shape index (κ2) is 5.72. The Kier molecular flexibility index (Phi) is 4.03. The molecule has 2 aromatic rings. The van der Waals surface area contributed by atoms with Gasteiger partial charge in [0.2, 0.25) is 0 Å². The van der Waals surface area contributed by atoms with Gasteiger partial charge in [-0.25, -0.2) is 15.8 Å². The summed E-state index contributed by atoms with van der Waals surface area (Å²) in [6.07, 6.45) is 0. The maximum absolute atomic E-state index is 5.32. The standard InChI is InChI=1S/C11H15N5S/c1-16(6-10-7-17-8-13-10)5-9-3-2-4-11(14-9)15-12/h2-4,7-8H,5-6,12H2,1H3,(H,14,15). The lowest BCUT2D eigenvalue weighted by Gasteiger charge is -2.15. The number of thiazole rings is 1. The number of hydrazine groups is 1. The van der Waals surface area contributed by atoms with Crippen molar-refractivity contribution in [2.45, 2.75) is 13.1 Å². The normalized spacial score (nSPS) is 10.8. The van der Waals surface area contributed by atoms with E-state index in [4.69, 9.17) is 5.84 Å². The van der Waals surface area contributed by atoms with E-state index in [1.54, 1.807) is 11.3 Å². The van der Waals surface area contributed by atoms with E-state index in [9.17, 15) is 0 Å². The molecule has 0 amide bonds. The molecule has 17 heavy (non-hydrogen) atoms. The first-order valence-electron chi connectivity index (χ1n) is 5.26. The average molecular weight is 249 g/mol. The van der Waals surface area contributed by atoms with Gasteiger partial charge >= 0.3 is 0 Å². The van der Waals surface area contributed by atoms with Gasteiger partial charge in [-0.3, -0.25) is 4.90 Å². The molecule has 0 unspecified atom stereocenters. The van der Waals surface area contributed by atoms with E-state index in [0.717, 1.165) is 24.5 Å². The van der Waals surface area contributed by atoms with Crippen LogP contribution < -0.4 is 11.3 Å². The lowest BCUT2D eigenvalue weighted by molar-refractivity contribution is 0.312. The molecular formula is C11H15N5S. The lowest BCUT2D eigenvalue weighted by atomic mass is 10.3. The van der Waals surface area contributed by atoms with Crippen molar-refractivity contribution in [2.24, 2.45) is 5.84 Å². The van der Waals surface area contributed by atoms with E-state index >= 15 is 0 Å².